The number of ether oxygens (including phenoxy) is 1. The molecule has 3 aromatic heterocycles. The van der Waals surface area contributed by atoms with E-state index in [4.69, 9.17) is 4.74 Å². The number of nitriles is 1. The van der Waals surface area contributed by atoms with Gasteiger partial charge in [-0.25, -0.2) is 4.79 Å². The Balaban J connectivity index is 1.63. The first-order valence-electron chi connectivity index (χ1n) is 13.4. The molecule has 0 radical (unpaired) electrons. The van der Waals surface area contributed by atoms with Crippen LogP contribution in [0, 0.1) is 25.2 Å². The predicted molar refractivity (Wildman–Crippen MR) is 161 cm³/mol. The zero-order chi connectivity index (χ0) is 31.3. The minimum absolute atomic E-state index is 0.00427. The fourth-order valence-corrected chi connectivity index (χ4v) is 5.94. The number of carbonyl (C=O) groups excluding carboxylic acids is 1. The van der Waals surface area contributed by atoms with Crippen molar-refractivity contribution in [1.29, 1.82) is 5.26 Å². The largest absolute Gasteiger partial charge is 0.443 e. The molecule has 0 saturated heterocycles. The van der Waals surface area contributed by atoms with E-state index in [0.717, 1.165) is 38.6 Å². The van der Waals surface area contributed by atoms with Crippen molar-refractivity contribution in [3.05, 3.63) is 105 Å². The van der Waals surface area contributed by atoms with Crippen molar-refractivity contribution in [2.24, 2.45) is 0 Å². The number of alkyl halides is 3. The van der Waals surface area contributed by atoms with E-state index in [9.17, 15) is 28.0 Å². The number of carbonyl (C=O) groups is 1. The van der Waals surface area contributed by atoms with Crippen LogP contribution in [0.4, 0.5) is 18.0 Å². The molecule has 0 aliphatic carbocycles. The molecular weight excluding hydrogens is 575 g/mol. The first kappa shape index (κ1) is 29.9. The Kier molecular flexibility index (Phi) is 7.57. The summed E-state index contributed by atoms with van der Waals surface area (Å²) in [5.41, 5.74) is 0.168. The Hall–Kier alpha value is -4.62. The minimum atomic E-state index is -4.89. The molecule has 220 valence electrons. The quantitative estimate of drug-likeness (QED) is 0.206. The van der Waals surface area contributed by atoms with E-state index in [1.165, 1.54) is 26.5 Å². The molecule has 6 nitrogen and oxygen atoms in total. The van der Waals surface area contributed by atoms with Crippen LogP contribution in [0.25, 0.3) is 31.9 Å². The summed E-state index contributed by atoms with van der Waals surface area (Å²) in [6.45, 7) is 9.13. The van der Waals surface area contributed by atoms with Gasteiger partial charge >= 0.3 is 12.3 Å². The summed E-state index contributed by atoms with van der Waals surface area (Å²) in [5.74, 6) is 0. The first-order valence-corrected chi connectivity index (χ1v) is 14.2. The monoisotopic (exact) mass is 603 g/mol. The lowest BCUT2D eigenvalue weighted by atomic mass is 10.0. The summed E-state index contributed by atoms with van der Waals surface area (Å²) >= 11 is 1.21. The number of hydrogen-bond acceptors (Lipinski definition) is 5. The van der Waals surface area contributed by atoms with E-state index in [1.54, 1.807) is 45.2 Å². The molecule has 5 aromatic rings. The van der Waals surface area contributed by atoms with E-state index in [1.807, 2.05) is 50.2 Å². The average Bonchev–Trinajstić information content (AvgIpc) is 3.56. The number of fused-ring (bicyclic) bond motifs is 1. The Morgan fingerprint density at radius 2 is 1.70 bits per heavy atom. The van der Waals surface area contributed by atoms with Gasteiger partial charge in [-0.2, -0.15) is 18.4 Å². The van der Waals surface area contributed by atoms with Crippen molar-refractivity contribution in [3.63, 3.8) is 0 Å². The molecule has 0 N–H and O–H groups in total. The molecule has 0 aliphatic rings. The van der Waals surface area contributed by atoms with Crippen LogP contribution in [0.3, 0.4) is 0 Å². The number of rotatable bonds is 4. The zero-order valence-corrected chi connectivity index (χ0v) is 25.0. The summed E-state index contributed by atoms with van der Waals surface area (Å²) in [7, 11) is 0. The lowest BCUT2D eigenvalue weighted by Crippen LogP contribution is -2.28. The van der Waals surface area contributed by atoms with Gasteiger partial charge in [0.1, 0.15) is 17.2 Å². The van der Waals surface area contributed by atoms with Gasteiger partial charge in [-0.1, -0.05) is 35.9 Å². The van der Waals surface area contributed by atoms with E-state index >= 15 is 0 Å². The minimum Gasteiger partial charge on any atom is -0.443 e. The van der Waals surface area contributed by atoms with Gasteiger partial charge in [-0.15, -0.1) is 11.3 Å². The van der Waals surface area contributed by atoms with Gasteiger partial charge in [-0.3, -0.25) is 9.36 Å². The molecular formula is C33H28F3N3O3S. The number of hydrogen-bond donors (Lipinski definition) is 0. The van der Waals surface area contributed by atoms with Crippen LogP contribution in [-0.2, 0) is 17.5 Å². The molecule has 0 saturated carbocycles. The van der Waals surface area contributed by atoms with E-state index in [2.05, 4.69) is 0 Å². The van der Waals surface area contributed by atoms with Crippen molar-refractivity contribution in [2.75, 3.05) is 0 Å². The number of pyridine rings is 1. The van der Waals surface area contributed by atoms with Crippen LogP contribution < -0.4 is 5.56 Å². The second-order valence-electron chi connectivity index (χ2n) is 11.4. The third kappa shape index (κ3) is 5.99. The van der Waals surface area contributed by atoms with Crippen LogP contribution in [0.15, 0.2) is 71.7 Å². The molecule has 43 heavy (non-hydrogen) atoms. The maximum absolute atomic E-state index is 14.0. The molecule has 0 atom stereocenters. The SMILES string of the molecule is Cc1ccc(Cn2c(-c3ccc(-c4ccc5ccn(C(=O)OC(C)(C)C)c5c4)s3)cc(C(F)(F)F)c(C#N)c2=O)c(C)c1. The molecule has 0 aliphatic heterocycles. The number of aromatic nitrogens is 2. The lowest BCUT2D eigenvalue weighted by Gasteiger charge is -2.19. The number of aryl methyl sites for hydroxylation is 2. The molecule has 5 rings (SSSR count). The first-order chi connectivity index (χ1) is 20.2. The molecule has 0 spiro atoms. The summed E-state index contributed by atoms with van der Waals surface area (Å²) in [6, 6.07) is 18.8. The third-order valence-electron chi connectivity index (χ3n) is 6.97. The average molecular weight is 604 g/mol. The summed E-state index contributed by atoms with van der Waals surface area (Å²) in [5, 5.41) is 10.4. The maximum atomic E-state index is 14.0. The van der Waals surface area contributed by atoms with Crippen LogP contribution in [-0.4, -0.2) is 20.8 Å². The van der Waals surface area contributed by atoms with Crippen molar-refractivity contribution in [1.82, 2.24) is 9.13 Å². The topological polar surface area (TPSA) is 77.0 Å². The number of benzene rings is 2. The second-order valence-corrected chi connectivity index (χ2v) is 12.4. The van der Waals surface area contributed by atoms with Crippen LogP contribution in [0.1, 0.15) is 48.6 Å². The van der Waals surface area contributed by atoms with Crippen LogP contribution >= 0.6 is 11.3 Å². The smallest absolute Gasteiger partial charge is 0.418 e. The van der Waals surface area contributed by atoms with E-state index in [-0.39, 0.29) is 12.2 Å². The predicted octanol–water partition coefficient (Wildman–Crippen LogP) is 8.54. The highest BCUT2D eigenvalue weighted by molar-refractivity contribution is 7.18. The fourth-order valence-electron chi connectivity index (χ4n) is 4.92. The number of nitrogens with zero attached hydrogens (tertiary/aromatic N) is 3. The fraction of sp³-hybridized carbons (Fsp3) is 0.242. The van der Waals surface area contributed by atoms with Gasteiger partial charge in [0, 0.05) is 16.5 Å². The second kappa shape index (κ2) is 10.9. The molecule has 2 aromatic carbocycles. The molecule has 3 heterocycles. The van der Waals surface area contributed by atoms with Gasteiger partial charge in [0.25, 0.3) is 5.56 Å². The van der Waals surface area contributed by atoms with Gasteiger partial charge in [0.15, 0.2) is 0 Å². The molecule has 0 fully saturated rings. The highest BCUT2D eigenvalue weighted by Crippen LogP contribution is 2.39. The molecule has 0 unspecified atom stereocenters. The summed E-state index contributed by atoms with van der Waals surface area (Å²) in [4.78, 5) is 27.4. The lowest BCUT2D eigenvalue weighted by molar-refractivity contribution is -0.137. The van der Waals surface area contributed by atoms with Crippen molar-refractivity contribution < 1.29 is 22.7 Å². The number of thiophene rings is 1. The summed E-state index contributed by atoms with van der Waals surface area (Å²) < 4.78 is 50.3. The van der Waals surface area contributed by atoms with Crippen molar-refractivity contribution in [2.45, 2.75) is 52.9 Å². The standard InChI is InChI=1S/C33H28F3N3O3S/c1-19-6-7-23(20(2)14-19)18-39-27(16-25(33(34,35)36)24(17-37)30(39)40)29-11-10-28(43-29)22-9-8-21-12-13-38(26(21)15-22)31(41)42-32(3,4)5/h6-16H,18H2,1-5H3. The zero-order valence-electron chi connectivity index (χ0n) is 24.2. The Morgan fingerprint density at radius 3 is 2.35 bits per heavy atom. The molecule has 10 heteroatoms. The molecule has 0 amide bonds. The summed E-state index contributed by atoms with van der Waals surface area (Å²) in [6.07, 6.45) is -3.79. The highest BCUT2D eigenvalue weighted by Gasteiger charge is 2.37. The highest BCUT2D eigenvalue weighted by atomic mass is 32.1. The van der Waals surface area contributed by atoms with Crippen molar-refractivity contribution >= 4 is 28.3 Å². The third-order valence-corrected chi connectivity index (χ3v) is 8.13. The number of halogens is 3. The van der Waals surface area contributed by atoms with Gasteiger partial charge in [0.05, 0.1) is 28.2 Å². The van der Waals surface area contributed by atoms with E-state index in [0.29, 0.717) is 10.4 Å². The van der Waals surface area contributed by atoms with Crippen molar-refractivity contribution in [3.8, 4) is 27.1 Å². The van der Waals surface area contributed by atoms with Gasteiger partial charge in [0.2, 0.25) is 0 Å². The Bertz CT molecular complexity index is 1990. The van der Waals surface area contributed by atoms with Crippen LogP contribution in [0.2, 0.25) is 0 Å². The van der Waals surface area contributed by atoms with Gasteiger partial charge < -0.3 is 9.30 Å². The molecule has 0 bridgehead atoms. The van der Waals surface area contributed by atoms with E-state index < -0.39 is 34.6 Å². The van der Waals surface area contributed by atoms with Gasteiger partial charge in [-0.05, 0) is 81.6 Å². The Morgan fingerprint density at radius 1 is 0.977 bits per heavy atom. The Labute approximate surface area is 250 Å². The van der Waals surface area contributed by atoms with Crippen LogP contribution in [0.5, 0.6) is 0 Å². The normalized spacial score (nSPS) is 12.0. The maximum Gasteiger partial charge on any atom is 0.418 e.